The number of pyridine rings is 1. The number of alkyl halides is 6. The Kier molecular flexibility index (Phi) is 3.99. The van der Waals surface area contributed by atoms with Crippen LogP contribution in [-0.4, -0.2) is 29.4 Å². The SMILES string of the molecule is O=C(OC(C(F)(F)F)C(F)(F)F)c1cccc2cnccc12. The van der Waals surface area contributed by atoms with Crippen molar-refractivity contribution in [3.8, 4) is 0 Å². The van der Waals surface area contributed by atoms with E-state index in [1.54, 1.807) is 0 Å². The van der Waals surface area contributed by atoms with Crippen LogP contribution in [0.3, 0.4) is 0 Å². The van der Waals surface area contributed by atoms with Crippen LogP contribution >= 0.6 is 0 Å². The van der Waals surface area contributed by atoms with Gasteiger partial charge in [0.05, 0.1) is 5.56 Å². The van der Waals surface area contributed by atoms with Gasteiger partial charge in [-0.1, -0.05) is 12.1 Å². The van der Waals surface area contributed by atoms with Gasteiger partial charge in [0.1, 0.15) is 0 Å². The highest BCUT2D eigenvalue weighted by Gasteiger charge is 2.60. The minimum atomic E-state index is -5.75. The van der Waals surface area contributed by atoms with Gasteiger partial charge in [-0.15, -0.1) is 0 Å². The van der Waals surface area contributed by atoms with E-state index in [9.17, 15) is 31.1 Å². The first-order chi connectivity index (χ1) is 10.1. The predicted molar refractivity (Wildman–Crippen MR) is 63.1 cm³/mol. The molecule has 0 saturated heterocycles. The van der Waals surface area contributed by atoms with E-state index < -0.39 is 30.0 Å². The molecule has 2 rings (SSSR count). The lowest BCUT2D eigenvalue weighted by atomic mass is 10.1. The van der Waals surface area contributed by atoms with Crippen molar-refractivity contribution in [1.29, 1.82) is 0 Å². The Hall–Kier alpha value is -2.32. The number of carbonyl (C=O) groups is 1. The average Bonchev–Trinajstić information content (AvgIpc) is 2.41. The largest absolute Gasteiger partial charge is 0.439 e. The fraction of sp³-hybridized carbons (Fsp3) is 0.231. The summed E-state index contributed by atoms with van der Waals surface area (Å²) in [6, 6.07) is 5.18. The highest BCUT2D eigenvalue weighted by atomic mass is 19.4. The molecule has 0 saturated carbocycles. The Bertz CT molecular complexity index is 675. The Morgan fingerprint density at radius 1 is 1.05 bits per heavy atom. The summed E-state index contributed by atoms with van der Waals surface area (Å²) >= 11 is 0. The van der Waals surface area contributed by atoms with E-state index in [-0.39, 0.29) is 5.39 Å². The number of benzene rings is 1. The molecule has 2 aromatic rings. The maximum Gasteiger partial charge on any atom is 0.434 e. The van der Waals surface area contributed by atoms with Crippen molar-refractivity contribution in [1.82, 2.24) is 4.98 Å². The van der Waals surface area contributed by atoms with E-state index >= 15 is 0 Å². The summed E-state index contributed by atoms with van der Waals surface area (Å²) in [5.74, 6) is -1.71. The number of aromatic nitrogens is 1. The summed E-state index contributed by atoms with van der Waals surface area (Å²) in [5, 5.41) is 0.526. The second-order valence-corrected chi connectivity index (χ2v) is 4.27. The van der Waals surface area contributed by atoms with Crippen molar-refractivity contribution >= 4 is 16.7 Å². The highest BCUT2D eigenvalue weighted by molar-refractivity contribution is 6.04. The molecular weight excluding hydrogens is 316 g/mol. The van der Waals surface area contributed by atoms with E-state index in [0.29, 0.717) is 5.39 Å². The third-order valence-corrected chi connectivity index (χ3v) is 2.72. The summed E-state index contributed by atoms with van der Waals surface area (Å²) in [5.41, 5.74) is -0.404. The van der Waals surface area contributed by atoms with E-state index in [0.717, 1.165) is 6.07 Å². The van der Waals surface area contributed by atoms with Gasteiger partial charge in [0, 0.05) is 17.8 Å². The van der Waals surface area contributed by atoms with Crippen molar-refractivity contribution in [2.75, 3.05) is 0 Å². The summed E-state index contributed by atoms with van der Waals surface area (Å²) in [4.78, 5) is 15.5. The van der Waals surface area contributed by atoms with Crippen LogP contribution in [0.1, 0.15) is 10.4 Å². The molecule has 3 nitrogen and oxygen atoms in total. The lowest BCUT2D eigenvalue weighted by Gasteiger charge is -2.23. The monoisotopic (exact) mass is 323 g/mol. The highest BCUT2D eigenvalue weighted by Crippen LogP contribution is 2.36. The molecular formula is C13H7F6NO2. The quantitative estimate of drug-likeness (QED) is 0.622. The van der Waals surface area contributed by atoms with E-state index in [2.05, 4.69) is 9.72 Å². The summed E-state index contributed by atoms with van der Waals surface area (Å²) in [7, 11) is 0. The van der Waals surface area contributed by atoms with Crippen molar-refractivity contribution in [3.63, 3.8) is 0 Å². The molecule has 22 heavy (non-hydrogen) atoms. The molecule has 0 atom stereocenters. The minimum absolute atomic E-state index is 0.144. The van der Waals surface area contributed by atoms with Crippen LogP contribution in [0.5, 0.6) is 0 Å². The molecule has 9 heteroatoms. The molecule has 1 heterocycles. The van der Waals surface area contributed by atoms with Crippen molar-refractivity contribution < 1.29 is 35.9 Å². The molecule has 0 aliphatic heterocycles. The standard InChI is InChI=1S/C13H7F6NO2/c14-12(15,16)11(13(17,18)19)22-10(21)9-3-1-2-7-6-20-5-4-8(7)9/h1-6,11H. The molecule has 0 bridgehead atoms. The maximum absolute atomic E-state index is 12.4. The van der Waals surface area contributed by atoms with Gasteiger partial charge in [-0.3, -0.25) is 4.98 Å². The van der Waals surface area contributed by atoms with Crippen LogP contribution in [0.2, 0.25) is 0 Å². The molecule has 0 N–H and O–H groups in total. The maximum atomic E-state index is 12.4. The zero-order valence-electron chi connectivity index (χ0n) is 10.6. The summed E-state index contributed by atoms with van der Waals surface area (Å²) in [6.07, 6.45) is -13.1. The first-order valence-corrected chi connectivity index (χ1v) is 5.78. The van der Waals surface area contributed by atoms with Gasteiger partial charge in [0.15, 0.2) is 0 Å². The fourth-order valence-electron chi connectivity index (χ4n) is 1.79. The van der Waals surface area contributed by atoms with Crippen LogP contribution in [0.4, 0.5) is 26.3 Å². The van der Waals surface area contributed by atoms with E-state index in [4.69, 9.17) is 0 Å². The normalized spacial score (nSPS) is 12.7. The lowest BCUT2D eigenvalue weighted by Crippen LogP contribution is -2.45. The molecule has 0 spiro atoms. The zero-order chi connectivity index (χ0) is 16.5. The second-order valence-electron chi connectivity index (χ2n) is 4.27. The van der Waals surface area contributed by atoms with Gasteiger partial charge in [0.2, 0.25) is 0 Å². The van der Waals surface area contributed by atoms with Crippen LogP contribution < -0.4 is 0 Å². The molecule has 1 aromatic carbocycles. The third kappa shape index (κ3) is 3.29. The predicted octanol–water partition coefficient (Wildman–Crippen LogP) is 3.88. The third-order valence-electron chi connectivity index (χ3n) is 2.72. The fourth-order valence-corrected chi connectivity index (χ4v) is 1.79. The van der Waals surface area contributed by atoms with Gasteiger partial charge in [-0.2, -0.15) is 26.3 Å². The number of hydrogen-bond acceptors (Lipinski definition) is 3. The van der Waals surface area contributed by atoms with Crippen LogP contribution in [-0.2, 0) is 4.74 Å². The Balaban J connectivity index is 2.38. The smallest absolute Gasteiger partial charge is 0.434 e. The number of nitrogens with zero attached hydrogens (tertiary/aromatic N) is 1. The topological polar surface area (TPSA) is 39.2 Å². The Morgan fingerprint density at radius 2 is 1.68 bits per heavy atom. The zero-order valence-corrected chi connectivity index (χ0v) is 10.6. The molecule has 0 unspecified atom stereocenters. The van der Waals surface area contributed by atoms with Crippen LogP contribution in [0.25, 0.3) is 10.8 Å². The first-order valence-electron chi connectivity index (χ1n) is 5.78. The van der Waals surface area contributed by atoms with Gasteiger partial charge < -0.3 is 4.74 Å². The second kappa shape index (κ2) is 5.47. The number of halogens is 6. The van der Waals surface area contributed by atoms with Crippen LogP contribution in [0.15, 0.2) is 36.7 Å². The number of carbonyl (C=O) groups excluding carboxylic acids is 1. The molecule has 0 radical (unpaired) electrons. The van der Waals surface area contributed by atoms with Crippen molar-refractivity contribution in [2.45, 2.75) is 18.5 Å². The summed E-state index contributed by atoms with van der Waals surface area (Å²) in [6.45, 7) is 0. The number of ether oxygens (including phenoxy) is 1. The molecule has 0 aliphatic rings. The molecule has 118 valence electrons. The Morgan fingerprint density at radius 3 is 2.27 bits per heavy atom. The van der Waals surface area contributed by atoms with Crippen molar-refractivity contribution in [2.24, 2.45) is 0 Å². The number of fused-ring (bicyclic) bond motifs is 1. The van der Waals surface area contributed by atoms with Crippen LogP contribution in [0, 0.1) is 0 Å². The van der Waals surface area contributed by atoms with E-state index in [1.165, 1.54) is 30.6 Å². The average molecular weight is 323 g/mol. The number of esters is 1. The number of rotatable bonds is 2. The van der Waals surface area contributed by atoms with Crippen molar-refractivity contribution in [3.05, 3.63) is 42.2 Å². The first kappa shape index (κ1) is 16.1. The van der Waals surface area contributed by atoms with Gasteiger partial charge >= 0.3 is 18.3 Å². The lowest BCUT2D eigenvalue weighted by molar-refractivity contribution is -0.307. The van der Waals surface area contributed by atoms with Gasteiger partial charge in [0.25, 0.3) is 6.10 Å². The minimum Gasteiger partial charge on any atom is -0.439 e. The molecule has 0 fully saturated rings. The summed E-state index contributed by atoms with van der Waals surface area (Å²) < 4.78 is 78.1. The van der Waals surface area contributed by atoms with Gasteiger partial charge in [-0.05, 0) is 17.5 Å². The Labute approximate surface area is 119 Å². The number of hydrogen-bond donors (Lipinski definition) is 0. The molecule has 1 aromatic heterocycles. The molecule has 0 amide bonds. The van der Waals surface area contributed by atoms with Gasteiger partial charge in [-0.25, -0.2) is 4.79 Å². The van der Waals surface area contributed by atoms with E-state index in [1.807, 2.05) is 0 Å². The molecule has 0 aliphatic carbocycles.